The van der Waals surface area contributed by atoms with Gasteiger partial charge in [-0.2, -0.15) is 0 Å². The van der Waals surface area contributed by atoms with Gasteiger partial charge in [0, 0.05) is 17.9 Å². The van der Waals surface area contributed by atoms with E-state index in [9.17, 15) is 4.79 Å². The molecule has 0 heterocycles. The molecule has 6 heteroatoms. The van der Waals surface area contributed by atoms with Crippen molar-refractivity contribution in [1.29, 1.82) is 0 Å². The Morgan fingerprint density at radius 2 is 1.81 bits per heavy atom. The summed E-state index contributed by atoms with van der Waals surface area (Å²) < 4.78 is 12.3. The molecule has 0 radical (unpaired) electrons. The van der Waals surface area contributed by atoms with Crippen molar-refractivity contribution in [1.82, 2.24) is 0 Å². The summed E-state index contributed by atoms with van der Waals surface area (Å²) >= 11 is 3.57. The van der Waals surface area contributed by atoms with Crippen LogP contribution in [0.15, 0.2) is 65.1 Å². The third-order valence-corrected chi connectivity index (χ3v) is 5.24. The summed E-state index contributed by atoms with van der Waals surface area (Å²) in [5, 5.41) is 6.29. The number of aryl methyl sites for hydroxylation is 2. The fourth-order valence-corrected chi connectivity index (χ4v) is 3.76. The third kappa shape index (κ3) is 6.49. The van der Waals surface area contributed by atoms with E-state index in [-0.39, 0.29) is 12.5 Å². The van der Waals surface area contributed by atoms with Gasteiger partial charge >= 0.3 is 0 Å². The number of para-hydroxylation sites is 1. The number of hydrogen-bond acceptors (Lipinski definition) is 4. The second-order valence-corrected chi connectivity index (χ2v) is 8.07. The molecule has 162 valence electrons. The lowest BCUT2D eigenvalue weighted by Gasteiger charge is -2.16. The molecular weight excluding hydrogens is 456 g/mol. The van der Waals surface area contributed by atoms with Crippen LogP contribution in [-0.2, 0) is 11.3 Å². The SMILES string of the molecule is CCOc1cc(CNc2ccccc2C)cc(Br)c1OCC(=O)Nc1cccc(C)c1. The molecule has 0 bridgehead atoms. The Morgan fingerprint density at radius 1 is 1.00 bits per heavy atom. The van der Waals surface area contributed by atoms with Crippen molar-refractivity contribution in [3.8, 4) is 11.5 Å². The number of halogens is 1. The van der Waals surface area contributed by atoms with Crippen molar-refractivity contribution < 1.29 is 14.3 Å². The van der Waals surface area contributed by atoms with Crippen molar-refractivity contribution >= 4 is 33.2 Å². The highest BCUT2D eigenvalue weighted by Gasteiger charge is 2.14. The summed E-state index contributed by atoms with van der Waals surface area (Å²) in [7, 11) is 0. The van der Waals surface area contributed by atoms with E-state index < -0.39 is 0 Å². The number of rotatable bonds is 9. The van der Waals surface area contributed by atoms with Gasteiger partial charge < -0.3 is 20.1 Å². The van der Waals surface area contributed by atoms with Gasteiger partial charge in [0.05, 0.1) is 11.1 Å². The monoisotopic (exact) mass is 482 g/mol. The lowest BCUT2D eigenvalue weighted by Crippen LogP contribution is -2.20. The van der Waals surface area contributed by atoms with Crippen LogP contribution in [-0.4, -0.2) is 19.1 Å². The number of nitrogens with one attached hydrogen (secondary N) is 2. The number of ether oxygens (including phenoxy) is 2. The summed E-state index contributed by atoms with van der Waals surface area (Å²) in [6.45, 7) is 6.98. The number of amides is 1. The maximum Gasteiger partial charge on any atom is 0.262 e. The van der Waals surface area contributed by atoms with Gasteiger partial charge in [0.15, 0.2) is 18.1 Å². The van der Waals surface area contributed by atoms with E-state index in [1.54, 1.807) is 0 Å². The van der Waals surface area contributed by atoms with E-state index >= 15 is 0 Å². The zero-order chi connectivity index (χ0) is 22.2. The summed E-state index contributed by atoms with van der Waals surface area (Å²) in [5.74, 6) is 0.882. The first-order valence-electron chi connectivity index (χ1n) is 10.2. The summed E-state index contributed by atoms with van der Waals surface area (Å²) in [6.07, 6.45) is 0. The van der Waals surface area contributed by atoms with E-state index in [0.717, 1.165) is 27.0 Å². The number of benzene rings is 3. The van der Waals surface area contributed by atoms with E-state index in [4.69, 9.17) is 9.47 Å². The molecule has 31 heavy (non-hydrogen) atoms. The standard InChI is InChI=1S/C25H27BrN2O3/c1-4-30-23-14-19(15-27-22-11-6-5-9-18(22)3)13-21(26)25(23)31-16-24(29)28-20-10-7-8-17(2)12-20/h5-14,27H,4,15-16H2,1-3H3,(H,28,29). The van der Waals surface area contributed by atoms with Crippen LogP contribution in [0.4, 0.5) is 11.4 Å². The second-order valence-electron chi connectivity index (χ2n) is 7.21. The minimum atomic E-state index is -0.231. The van der Waals surface area contributed by atoms with Gasteiger partial charge in [0.25, 0.3) is 5.91 Å². The van der Waals surface area contributed by atoms with Crippen molar-refractivity contribution in [3.63, 3.8) is 0 Å². The molecule has 3 rings (SSSR count). The fourth-order valence-electron chi connectivity index (χ4n) is 3.15. The maximum absolute atomic E-state index is 12.3. The Balaban J connectivity index is 1.68. The zero-order valence-corrected chi connectivity index (χ0v) is 19.6. The van der Waals surface area contributed by atoms with Gasteiger partial charge in [-0.05, 0) is 83.7 Å². The average molecular weight is 483 g/mol. The summed E-state index contributed by atoms with van der Waals surface area (Å²) in [4.78, 5) is 12.3. The molecule has 5 nitrogen and oxygen atoms in total. The predicted octanol–water partition coefficient (Wildman–Crippen LogP) is 6.09. The molecular formula is C25H27BrN2O3. The molecule has 0 saturated carbocycles. The topological polar surface area (TPSA) is 59.6 Å². The Morgan fingerprint density at radius 3 is 2.55 bits per heavy atom. The molecule has 0 atom stereocenters. The van der Waals surface area contributed by atoms with Gasteiger partial charge in [0.2, 0.25) is 0 Å². The van der Waals surface area contributed by atoms with Gasteiger partial charge in [-0.3, -0.25) is 4.79 Å². The largest absolute Gasteiger partial charge is 0.490 e. The van der Waals surface area contributed by atoms with E-state index in [2.05, 4.69) is 45.6 Å². The van der Waals surface area contributed by atoms with Crippen LogP contribution in [0.5, 0.6) is 11.5 Å². The van der Waals surface area contributed by atoms with E-state index in [0.29, 0.717) is 24.7 Å². The fraction of sp³-hybridized carbons (Fsp3) is 0.240. The number of hydrogen-bond donors (Lipinski definition) is 2. The molecule has 1 amide bonds. The van der Waals surface area contributed by atoms with Crippen LogP contribution >= 0.6 is 15.9 Å². The Kier molecular flexibility index (Phi) is 7.95. The first-order chi connectivity index (χ1) is 15.0. The average Bonchev–Trinajstić information content (AvgIpc) is 2.73. The lowest BCUT2D eigenvalue weighted by atomic mass is 10.1. The first kappa shape index (κ1) is 22.7. The van der Waals surface area contributed by atoms with Crippen LogP contribution in [0, 0.1) is 13.8 Å². The quantitative estimate of drug-likeness (QED) is 0.387. The van der Waals surface area contributed by atoms with Gasteiger partial charge in [-0.25, -0.2) is 0 Å². The molecule has 3 aromatic carbocycles. The number of carbonyl (C=O) groups is 1. The minimum absolute atomic E-state index is 0.118. The van der Waals surface area contributed by atoms with Crippen LogP contribution in [0.2, 0.25) is 0 Å². The first-order valence-corrected chi connectivity index (χ1v) is 11.0. The Hall–Kier alpha value is -2.99. The van der Waals surface area contributed by atoms with Crippen LogP contribution < -0.4 is 20.1 Å². The second kappa shape index (κ2) is 10.9. The van der Waals surface area contributed by atoms with Crippen molar-refractivity contribution in [2.45, 2.75) is 27.3 Å². The normalized spacial score (nSPS) is 10.5. The van der Waals surface area contributed by atoms with Crippen LogP contribution in [0.1, 0.15) is 23.6 Å². The predicted molar refractivity (Wildman–Crippen MR) is 129 cm³/mol. The Labute approximate surface area is 191 Å². The molecule has 0 unspecified atom stereocenters. The highest BCUT2D eigenvalue weighted by atomic mass is 79.9. The van der Waals surface area contributed by atoms with Gasteiger partial charge in [-0.15, -0.1) is 0 Å². The minimum Gasteiger partial charge on any atom is -0.490 e. The zero-order valence-electron chi connectivity index (χ0n) is 18.0. The molecule has 3 aromatic rings. The van der Waals surface area contributed by atoms with Crippen LogP contribution in [0.3, 0.4) is 0 Å². The molecule has 0 saturated heterocycles. The van der Waals surface area contributed by atoms with Crippen molar-refractivity contribution in [2.24, 2.45) is 0 Å². The lowest BCUT2D eigenvalue weighted by molar-refractivity contribution is -0.118. The maximum atomic E-state index is 12.3. The summed E-state index contributed by atoms with van der Waals surface area (Å²) in [6, 6.07) is 19.7. The van der Waals surface area contributed by atoms with Crippen molar-refractivity contribution in [2.75, 3.05) is 23.8 Å². The third-order valence-electron chi connectivity index (χ3n) is 4.65. The molecule has 0 fully saturated rings. The molecule has 0 spiro atoms. The molecule has 2 N–H and O–H groups in total. The molecule has 0 aliphatic heterocycles. The highest BCUT2D eigenvalue weighted by molar-refractivity contribution is 9.10. The van der Waals surface area contributed by atoms with Crippen LogP contribution in [0.25, 0.3) is 0 Å². The van der Waals surface area contributed by atoms with E-state index in [1.165, 1.54) is 5.56 Å². The number of anilines is 2. The number of carbonyl (C=O) groups excluding carboxylic acids is 1. The molecule has 0 aromatic heterocycles. The van der Waals surface area contributed by atoms with Gasteiger partial charge in [0.1, 0.15) is 0 Å². The smallest absolute Gasteiger partial charge is 0.262 e. The summed E-state index contributed by atoms with van der Waals surface area (Å²) in [5.41, 5.74) is 5.14. The molecule has 0 aliphatic carbocycles. The Bertz CT molecular complexity index is 1050. The van der Waals surface area contributed by atoms with Gasteiger partial charge in [-0.1, -0.05) is 30.3 Å². The molecule has 0 aliphatic rings. The highest BCUT2D eigenvalue weighted by Crippen LogP contribution is 2.37. The van der Waals surface area contributed by atoms with E-state index in [1.807, 2.05) is 62.4 Å². The van der Waals surface area contributed by atoms with Crippen molar-refractivity contribution in [3.05, 3.63) is 81.8 Å².